The van der Waals surface area contributed by atoms with E-state index in [1.807, 2.05) is 18.2 Å². The van der Waals surface area contributed by atoms with E-state index in [4.69, 9.17) is 0 Å². The van der Waals surface area contributed by atoms with Crippen LogP contribution in [0.1, 0.15) is 63.0 Å². The normalized spacial score (nSPS) is 20.6. The Morgan fingerprint density at radius 3 is 2.48 bits per heavy atom. The number of anilines is 2. The molecule has 2 aromatic rings. The van der Waals surface area contributed by atoms with Crippen LogP contribution in [0, 0.1) is 5.92 Å². The quantitative estimate of drug-likeness (QED) is 0.701. The fourth-order valence-electron chi connectivity index (χ4n) is 4.68. The number of rotatable bonds is 5. The topological polar surface area (TPSA) is 32.3 Å². The lowest BCUT2D eigenvalue weighted by molar-refractivity contribution is -0.133. The van der Waals surface area contributed by atoms with E-state index in [0.29, 0.717) is 11.8 Å². The molecule has 1 saturated heterocycles. The zero-order valence-electron chi connectivity index (χ0n) is 16.1. The molecule has 1 aliphatic heterocycles. The lowest BCUT2D eigenvalue weighted by atomic mass is 9.86. The number of carbonyl (C=O) groups excluding carboxylic acids is 1. The monoisotopic (exact) mass is 362 g/mol. The molecule has 0 radical (unpaired) electrons. The Labute approximate surface area is 162 Å². The predicted octanol–water partition coefficient (Wildman–Crippen LogP) is 6.06. The predicted molar refractivity (Wildman–Crippen MR) is 111 cm³/mol. The van der Waals surface area contributed by atoms with Crippen molar-refractivity contribution in [2.75, 3.05) is 11.9 Å². The first kappa shape index (κ1) is 18.1. The summed E-state index contributed by atoms with van der Waals surface area (Å²) in [6, 6.07) is 19.1. The summed E-state index contributed by atoms with van der Waals surface area (Å²) in [5, 5.41) is 3.47. The van der Waals surface area contributed by atoms with Gasteiger partial charge in [-0.05, 0) is 61.4 Å². The Bertz CT molecular complexity index is 752. The molecule has 2 aromatic carbocycles. The molecule has 0 spiro atoms. The molecule has 2 fully saturated rings. The molecule has 1 atom stereocenters. The molecule has 4 rings (SSSR count). The number of nitrogens with zero attached hydrogens (tertiary/aromatic N) is 1. The van der Waals surface area contributed by atoms with Gasteiger partial charge in [-0.1, -0.05) is 49.6 Å². The summed E-state index contributed by atoms with van der Waals surface area (Å²) < 4.78 is 0. The van der Waals surface area contributed by atoms with Crippen LogP contribution < -0.4 is 5.32 Å². The molecule has 1 amide bonds. The zero-order valence-corrected chi connectivity index (χ0v) is 16.1. The highest BCUT2D eigenvalue weighted by atomic mass is 16.2. The fraction of sp³-hybridized carbons (Fsp3) is 0.458. The molecule has 0 unspecified atom stereocenters. The third kappa shape index (κ3) is 4.52. The van der Waals surface area contributed by atoms with Gasteiger partial charge in [-0.2, -0.15) is 0 Å². The Morgan fingerprint density at radius 2 is 1.67 bits per heavy atom. The van der Waals surface area contributed by atoms with E-state index in [1.54, 1.807) is 0 Å². The summed E-state index contributed by atoms with van der Waals surface area (Å²) in [6.07, 6.45) is 9.35. The minimum Gasteiger partial charge on any atom is -0.356 e. The molecule has 1 N–H and O–H groups in total. The van der Waals surface area contributed by atoms with Gasteiger partial charge in [0.2, 0.25) is 5.91 Å². The van der Waals surface area contributed by atoms with Crippen molar-refractivity contribution in [1.29, 1.82) is 0 Å². The maximum Gasteiger partial charge on any atom is 0.223 e. The van der Waals surface area contributed by atoms with E-state index < -0.39 is 0 Å². The van der Waals surface area contributed by atoms with Crippen LogP contribution in [0.4, 0.5) is 11.4 Å². The largest absolute Gasteiger partial charge is 0.356 e. The van der Waals surface area contributed by atoms with Crippen LogP contribution in [-0.2, 0) is 4.79 Å². The van der Waals surface area contributed by atoms with Gasteiger partial charge in [-0.25, -0.2) is 0 Å². The van der Waals surface area contributed by atoms with E-state index >= 15 is 0 Å². The minimum absolute atomic E-state index is 0.235. The van der Waals surface area contributed by atoms with Crippen LogP contribution in [0.3, 0.4) is 0 Å². The van der Waals surface area contributed by atoms with E-state index in [1.165, 1.54) is 37.7 Å². The zero-order chi connectivity index (χ0) is 18.5. The van der Waals surface area contributed by atoms with Gasteiger partial charge in [0, 0.05) is 24.3 Å². The lowest BCUT2D eigenvalue weighted by Crippen LogP contribution is -2.32. The fourth-order valence-corrected chi connectivity index (χ4v) is 4.68. The Balaban J connectivity index is 1.45. The first-order chi connectivity index (χ1) is 13.3. The number of hydrogen-bond acceptors (Lipinski definition) is 2. The van der Waals surface area contributed by atoms with Crippen molar-refractivity contribution in [2.24, 2.45) is 5.92 Å². The summed E-state index contributed by atoms with van der Waals surface area (Å²) in [6.45, 7) is 0.909. The van der Waals surface area contributed by atoms with Crippen LogP contribution in [-0.4, -0.2) is 17.4 Å². The van der Waals surface area contributed by atoms with Crippen molar-refractivity contribution in [3.63, 3.8) is 0 Å². The van der Waals surface area contributed by atoms with Crippen molar-refractivity contribution in [3.8, 4) is 0 Å². The molecule has 142 valence electrons. The SMILES string of the molecule is O=C(CC1CCCCC1)N1CCC[C@H]1c1cccc(Nc2ccccc2)c1. The number of para-hydroxylation sites is 1. The smallest absolute Gasteiger partial charge is 0.223 e. The molecule has 0 bridgehead atoms. The average Bonchev–Trinajstić information content (AvgIpc) is 3.20. The van der Waals surface area contributed by atoms with Gasteiger partial charge in [0.1, 0.15) is 0 Å². The second kappa shape index (κ2) is 8.60. The Kier molecular flexibility index (Phi) is 5.76. The van der Waals surface area contributed by atoms with Crippen molar-refractivity contribution in [3.05, 3.63) is 60.2 Å². The number of benzene rings is 2. The number of hydrogen-bond donors (Lipinski definition) is 1. The lowest BCUT2D eigenvalue weighted by Gasteiger charge is -2.28. The van der Waals surface area contributed by atoms with Crippen molar-refractivity contribution in [1.82, 2.24) is 4.90 Å². The van der Waals surface area contributed by atoms with Gasteiger partial charge < -0.3 is 10.2 Å². The summed E-state index contributed by atoms with van der Waals surface area (Å²) in [4.78, 5) is 15.1. The number of likely N-dealkylation sites (tertiary alicyclic amines) is 1. The second-order valence-corrected chi connectivity index (χ2v) is 8.07. The van der Waals surface area contributed by atoms with Gasteiger partial charge in [0.05, 0.1) is 6.04 Å². The van der Waals surface area contributed by atoms with Crippen LogP contribution in [0.2, 0.25) is 0 Å². The molecule has 1 heterocycles. The van der Waals surface area contributed by atoms with E-state index in [-0.39, 0.29) is 6.04 Å². The third-order valence-corrected chi connectivity index (χ3v) is 6.10. The van der Waals surface area contributed by atoms with Crippen molar-refractivity contribution >= 4 is 17.3 Å². The summed E-state index contributed by atoms with van der Waals surface area (Å²) in [5.74, 6) is 0.976. The summed E-state index contributed by atoms with van der Waals surface area (Å²) >= 11 is 0. The van der Waals surface area contributed by atoms with E-state index in [9.17, 15) is 4.79 Å². The van der Waals surface area contributed by atoms with Gasteiger partial charge in [-0.3, -0.25) is 4.79 Å². The molecule has 0 aromatic heterocycles. The Hall–Kier alpha value is -2.29. The molecule has 1 saturated carbocycles. The summed E-state index contributed by atoms with van der Waals surface area (Å²) in [7, 11) is 0. The number of amides is 1. The van der Waals surface area contributed by atoms with Gasteiger partial charge in [0.15, 0.2) is 0 Å². The van der Waals surface area contributed by atoms with Crippen LogP contribution in [0.5, 0.6) is 0 Å². The molecule has 27 heavy (non-hydrogen) atoms. The van der Waals surface area contributed by atoms with Gasteiger partial charge >= 0.3 is 0 Å². The maximum absolute atomic E-state index is 13.0. The third-order valence-electron chi connectivity index (χ3n) is 6.10. The van der Waals surface area contributed by atoms with Gasteiger partial charge in [0.25, 0.3) is 0 Å². The van der Waals surface area contributed by atoms with Crippen LogP contribution in [0.15, 0.2) is 54.6 Å². The molecule has 3 heteroatoms. The standard InChI is InChI=1S/C24H30N2O/c27-24(17-19-9-3-1-4-10-19)26-16-8-15-23(26)20-11-7-14-22(18-20)25-21-12-5-2-6-13-21/h2,5-7,11-14,18-19,23,25H,1,3-4,8-10,15-17H2/t23-/m0/s1. The summed E-state index contributed by atoms with van der Waals surface area (Å²) in [5.41, 5.74) is 3.43. The van der Waals surface area contributed by atoms with Crippen LogP contribution >= 0.6 is 0 Å². The van der Waals surface area contributed by atoms with E-state index in [2.05, 4.69) is 46.6 Å². The highest BCUT2D eigenvalue weighted by molar-refractivity contribution is 5.77. The molecule has 3 nitrogen and oxygen atoms in total. The second-order valence-electron chi connectivity index (χ2n) is 8.07. The van der Waals surface area contributed by atoms with Crippen LogP contribution in [0.25, 0.3) is 0 Å². The Morgan fingerprint density at radius 1 is 0.889 bits per heavy atom. The highest BCUT2D eigenvalue weighted by Crippen LogP contribution is 2.35. The van der Waals surface area contributed by atoms with Crippen molar-refractivity contribution in [2.45, 2.75) is 57.4 Å². The maximum atomic E-state index is 13.0. The highest BCUT2D eigenvalue weighted by Gasteiger charge is 2.31. The van der Waals surface area contributed by atoms with Gasteiger partial charge in [-0.15, -0.1) is 0 Å². The first-order valence-corrected chi connectivity index (χ1v) is 10.5. The molecule has 2 aliphatic rings. The first-order valence-electron chi connectivity index (χ1n) is 10.5. The molecule has 1 aliphatic carbocycles. The average molecular weight is 363 g/mol. The molecular weight excluding hydrogens is 332 g/mol. The van der Waals surface area contributed by atoms with Crippen molar-refractivity contribution < 1.29 is 4.79 Å². The van der Waals surface area contributed by atoms with E-state index in [0.717, 1.165) is 37.2 Å². The number of carbonyl (C=O) groups is 1. The number of nitrogens with one attached hydrogen (secondary N) is 1. The minimum atomic E-state index is 0.235. The molecular formula is C24H30N2O.